The predicted molar refractivity (Wildman–Crippen MR) is 60.6 cm³/mol. The Hall–Kier alpha value is -1.30. The molecule has 0 heteroatoms. The van der Waals surface area contributed by atoms with Gasteiger partial charge in [0.2, 0.25) is 0 Å². The minimum atomic E-state index is 1.05. The average molecular weight is 172 g/mol. The molecule has 0 saturated carbocycles. The normalized spacial score (nSPS) is 9.69. The van der Waals surface area contributed by atoms with E-state index in [2.05, 4.69) is 38.3 Å². The topological polar surface area (TPSA) is 0 Å². The fourth-order valence-electron chi connectivity index (χ4n) is 1.61. The first-order valence-electron chi connectivity index (χ1n) is 4.61. The highest BCUT2D eigenvalue weighted by molar-refractivity contribution is 5.73. The van der Waals surface area contributed by atoms with Gasteiger partial charge in [0.25, 0.3) is 0 Å². The van der Waals surface area contributed by atoms with Gasteiger partial charge in [-0.25, -0.2) is 0 Å². The third-order valence-electron chi connectivity index (χ3n) is 2.21. The van der Waals surface area contributed by atoms with Gasteiger partial charge in [-0.1, -0.05) is 49.9 Å². The second-order valence-electron chi connectivity index (χ2n) is 3.22. The van der Waals surface area contributed by atoms with Crippen LogP contribution in [0.25, 0.3) is 11.6 Å². The molecule has 0 spiro atoms. The van der Waals surface area contributed by atoms with Crippen molar-refractivity contribution < 1.29 is 0 Å². The lowest BCUT2D eigenvalue weighted by Gasteiger charge is -2.10. The fraction of sp³-hybridized carbons (Fsp3) is 0.231. The Morgan fingerprint density at radius 1 is 1.46 bits per heavy atom. The van der Waals surface area contributed by atoms with Gasteiger partial charge in [0.05, 0.1) is 0 Å². The van der Waals surface area contributed by atoms with Crippen LogP contribution in [0.1, 0.15) is 30.5 Å². The second-order valence-corrected chi connectivity index (χ2v) is 3.22. The number of rotatable bonds is 3. The van der Waals surface area contributed by atoms with E-state index < -0.39 is 0 Å². The number of hydrogen-bond acceptors (Lipinski definition) is 0. The van der Waals surface area contributed by atoms with Crippen molar-refractivity contribution in [2.75, 3.05) is 0 Å². The molecule has 0 radical (unpaired) electrons. The number of hydrogen-bond donors (Lipinski definition) is 0. The van der Waals surface area contributed by atoms with E-state index >= 15 is 0 Å². The van der Waals surface area contributed by atoms with Gasteiger partial charge in [0.15, 0.2) is 0 Å². The number of benzene rings is 1. The van der Waals surface area contributed by atoms with Crippen molar-refractivity contribution in [1.82, 2.24) is 0 Å². The van der Waals surface area contributed by atoms with Crippen LogP contribution in [0.15, 0.2) is 31.4 Å². The van der Waals surface area contributed by atoms with Crippen LogP contribution in [0.2, 0.25) is 0 Å². The van der Waals surface area contributed by atoms with E-state index in [0.717, 1.165) is 12.0 Å². The van der Waals surface area contributed by atoms with Crippen LogP contribution in [0.5, 0.6) is 0 Å². The predicted octanol–water partition coefficient (Wildman–Crippen LogP) is 3.93. The van der Waals surface area contributed by atoms with Crippen molar-refractivity contribution in [3.8, 4) is 0 Å². The summed E-state index contributed by atoms with van der Waals surface area (Å²) in [5, 5.41) is 0. The highest BCUT2D eigenvalue weighted by Crippen LogP contribution is 2.23. The van der Waals surface area contributed by atoms with Crippen LogP contribution in [0.4, 0.5) is 0 Å². The third kappa shape index (κ3) is 1.89. The van der Waals surface area contributed by atoms with Crippen LogP contribution in [-0.4, -0.2) is 0 Å². The zero-order chi connectivity index (χ0) is 9.84. The lowest BCUT2D eigenvalue weighted by atomic mass is 9.94. The van der Waals surface area contributed by atoms with Crippen molar-refractivity contribution in [2.24, 2.45) is 0 Å². The minimum Gasteiger partial charge on any atom is -0.0984 e. The summed E-state index contributed by atoms with van der Waals surface area (Å²) >= 11 is 0. The van der Waals surface area contributed by atoms with Gasteiger partial charge in [-0.15, -0.1) is 0 Å². The summed E-state index contributed by atoms with van der Waals surface area (Å²) in [5.74, 6) is 0. The van der Waals surface area contributed by atoms with Gasteiger partial charge in [0.1, 0.15) is 0 Å². The highest BCUT2D eigenvalue weighted by atomic mass is 14.1. The Labute approximate surface area is 80.6 Å². The van der Waals surface area contributed by atoms with Crippen LogP contribution < -0.4 is 0 Å². The molecule has 1 aromatic carbocycles. The molecule has 0 aromatic heterocycles. The van der Waals surface area contributed by atoms with E-state index in [1.807, 2.05) is 13.0 Å². The molecule has 68 valence electrons. The lowest BCUT2D eigenvalue weighted by Crippen LogP contribution is -1.92. The van der Waals surface area contributed by atoms with E-state index in [1.54, 1.807) is 0 Å². The van der Waals surface area contributed by atoms with E-state index in [1.165, 1.54) is 16.7 Å². The van der Waals surface area contributed by atoms with E-state index in [-0.39, 0.29) is 0 Å². The summed E-state index contributed by atoms with van der Waals surface area (Å²) < 4.78 is 0. The highest BCUT2D eigenvalue weighted by Gasteiger charge is 2.04. The Morgan fingerprint density at radius 2 is 2.15 bits per heavy atom. The van der Waals surface area contributed by atoms with Crippen LogP contribution in [0, 0.1) is 0 Å². The van der Waals surface area contributed by atoms with E-state index in [4.69, 9.17) is 0 Å². The molecule has 1 rings (SSSR count). The van der Waals surface area contributed by atoms with Crippen molar-refractivity contribution in [3.63, 3.8) is 0 Å². The molecule has 0 unspecified atom stereocenters. The molecule has 0 N–H and O–H groups in total. The average Bonchev–Trinajstić information content (AvgIpc) is 2.16. The molecular formula is C13H16. The zero-order valence-corrected chi connectivity index (χ0v) is 8.43. The smallest absolute Gasteiger partial charge is 0.0129 e. The second kappa shape index (κ2) is 4.08. The summed E-state index contributed by atoms with van der Waals surface area (Å²) in [6, 6.07) is 6.30. The molecule has 0 aliphatic heterocycles. The van der Waals surface area contributed by atoms with Gasteiger partial charge >= 0.3 is 0 Å². The number of allylic oxidation sites excluding steroid dienone is 1. The molecule has 1 aromatic rings. The molecule has 0 amide bonds. The van der Waals surface area contributed by atoms with Crippen molar-refractivity contribution in [2.45, 2.75) is 20.3 Å². The summed E-state index contributed by atoms with van der Waals surface area (Å²) in [5.41, 5.74) is 4.92. The van der Waals surface area contributed by atoms with E-state index in [0.29, 0.717) is 0 Å². The molecule has 0 bridgehead atoms. The zero-order valence-electron chi connectivity index (χ0n) is 8.43. The molecule has 0 aliphatic carbocycles. The van der Waals surface area contributed by atoms with Gasteiger partial charge in [0, 0.05) is 0 Å². The molecular weight excluding hydrogens is 156 g/mol. The van der Waals surface area contributed by atoms with Gasteiger partial charge in [-0.2, -0.15) is 0 Å². The summed E-state index contributed by atoms with van der Waals surface area (Å²) in [6.07, 6.45) is 2.94. The van der Waals surface area contributed by atoms with Crippen LogP contribution in [-0.2, 0) is 6.42 Å². The molecule has 0 atom stereocenters. The van der Waals surface area contributed by atoms with Crippen molar-refractivity contribution >= 4 is 11.6 Å². The minimum absolute atomic E-state index is 1.05. The largest absolute Gasteiger partial charge is 0.0984 e. The molecule has 0 heterocycles. The summed E-state index contributed by atoms with van der Waals surface area (Å²) in [7, 11) is 0. The molecule has 13 heavy (non-hydrogen) atoms. The summed E-state index contributed by atoms with van der Waals surface area (Å²) in [4.78, 5) is 0. The van der Waals surface area contributed by atoms with Gasteiger partial charge < -0.3 is 0 Å². The van der Waals surface area contributed by atoms with Crippen molar-refractivity contribution in [3.05, 3.63) is 48.0 Å². The SMILES string of the molecule is C=Cc1cccc(CC)c1C(=C)C. The van der Waals surface area contributed by atoms with Crippen molar-refractivity contribution in [1.29, 1.82) is 0 Å². The molecule has 0 saturated heterocycles. The lowest BCUT2D eigenvalue weighted by molar-refractivity contribution is 1.13. The maximum absolute atomic E-state index is 3.99. The first kappa shape index (κ1) is 9.79. The molecule has 0 aliphatic rings. The van der Waals surface area contributed by atoms with Crippen LogP contribution in [0.3, 0.4) is 0 Å². The fourth-order valence-corrected chi connectivity index (χ4v) is 1.61. The molecule has 0 nitrogen and oxygen atoms in total. The summed E-state index contributed by atoms with van der Waals surface area (Å²) in [6.45, 7) is 12.0. The van der Waals surface area contributed by atoms with Gasteiger partial charge in [-0.05, 0) is 30.0 Å². The van der Waals surface area contributed by atoms with Gasteiger partial charge in [-0.3, -0.25) is 0 Å². The quantitative estimate of drug-likeness (QED) is 0.648. The maximum Gasteiger partial charge on any atom is -0.0129 e. The van der Waals surface area contributed by atoms with Crippen LogP contribution >= 0.6 is 0 Å². The van der Waals surface area contributed by atoms with E-state index in [9.17, 15) is 0 Å². The Morgan fingerprint density at radius 3 is 2.62 bits per heavy atom. The monoisotopic (exact) mass is 172 g/mol. The third-order valence-corrected chi connectivity index (χ3v) is 2.21. The first-order valence-corrected chi connectivity index (χ1v) is 4.61. The Balaban J connectivity index is 3.38. The molecule has 0 fully saturated rings. The maximum atomic E-state index is 3.99. The first-order chi connectivity index (χ1) is 6.20. The number of aryl methyl sites for hydroxylation is 1. The Bertz CT molecular complexity index is 332. The Kier molecular flexibility index (Phi) is 3.07. The standard InChI is InChI=1S/C13H16/c1-5-11-8-7-9-12(6-2)13(11)10(3)4/h5,7-9H,1,3,6H2,2,4H3.